The third kappa shape index (κ3) is 5.11. The first kappa shape index (κ1) is 15.7. The van der Waals surface area contributed by atoms with Crippen molar-refractivity contribution in [2.24, 2.45) is 5.84 Å². The maximum atomic E-state index is 6.09. The van der Waals surface area contributed by atoms with Crippen LogP contribution in [0.25, 0.3) is 0 Å². The van der Waals surface area contributed by atoms with E-state index in [-0.39, 0.29) is 6.04 Å². The first-order chi connectivity index (χ1) is 8.69. The standard InChI is InChI=1S/C14H20BrClN2/c1-2-3-4-5-6-7-14(18-17)11-8-9-12(15)13(16)10-11/h2,8-10,14,18H,1,3-7,17H2. The molecule has 1 aromatic carbocycles. The second kappa shape index (κ2) is 8.70. The number of nitrogens with one attached hydrogen (secondary N) is 1. The van der Waals surface area contributed by atoms with Crippen LogP contribution in [0.5, 0.6) is 0 Å². The Morgan fingerprint density at radius 1 is 1.39 bits per heavy atom. The van der Waals surface area contributed by atoms with Crippen molar-refractivity contribution in [1.29, 1.82) is 0 Å². The molecule has 2 nitrogen and oxygen atoms in total. The highest BCUT2D eigenvalue weighted by Crippen LogP contribution is 2.27. The van der Waals surface area contributed by atoms with E-state index in [0.29, 0.717) is 0 Å². The highest BCUT2D eigenvalue weighted by atomic mass is 79.9. The molecular weight excluding hydrogens is 312 g/mol. The maximum Gasteiger partial charge on any atom is 0.0551 e. The molecule has 1 rings (SSSR count). The first-order valence-electron chi connectivity index (χ1n) is 6.21. The molecule has 0 spiro atoms. The quantitative estimate of drug-likeness (QED) is 0.312. The minimum atomic E-state index is 0.166. The van der Waals surface area contributed by atoms with E-state index >= 15 is 0 Å². The predicted octanol–water partition coefficient (Wildman–Crippen LogP) is 4.74. The lowest BCUT2D eigenvalue weighted by Crippen LogP contribution is -2.28. The lowest BCUT2D eigenvalue weighted by Gasteiger charge is -2.16. The molecule has 1 atom stereocenters. The molecular formula is C14H20BrClN2. The number of unbranched alkanes of at least 4 members (excludes halogenated alkanes) is 3. The van der Waals surface area contributed by atoms with Gasteiger partial charge in [-0.1, -0.05) is 36.6 Å². The lowest BCUT2D eigenvalue weighted by atomic mass is 10.0. The number of allylic oxidation sites excluding steroid dienone is 1. The van der Waals surface area contributed by atoms with Gasteiger partial charge in [0, 0.05) is 10.5 Å². The van der Waals surface area contributed by atoms with Crippen LogP contribution in [-0.4, -0.2) is 0 Å². The molecule has 0 aliphatic rings. The Kier molecular flexibility index (Phi) is 7.59. The van der Waals surface area contributed by atoms with Gasteiger partial charge in [-0.2, -0.15) is 0 Å². The summed E-state index contributed by atoms with van der Waals surface area (Å²) in [5.41, 5.74) is 4.00. The molecule has 18 heavy (non-hydrogen) atoms. The van der Waals surface area contributed by atoms with Crippen molar-refractivity contribution in [3.63, 3.8) is 0 Å². The Hall–Kier alpha value is -0.350. The number of hydrogen-bond acceptors (Lipinski definition) is 2. The van der Waals surface area contributed by atoms with Gasteiger partial charge in [0.2, 0.25) is 0 Å². The van der Waals surface area contributed by atoms with Gasteiger partial charge in [0.05, 0.1) is 5.02 Å². The molecule has 0 amide bonds. The summed E-state index contributed by atoms with van der Waals surface area (Å²) in [4.78, 5) is 0. The summed E-state index contributed by atoms with van der Waals surface area (Å²) in [6, 6.07) is 6.13. The number of hydrogen-bond donors (Lipinski definition) is 2. The normalized spacial score (nSPS) is 12.4. The Morgan fingerprint density at radius 3 is 2.78 bits per heavy atom. The largest absolute Gasteiger partial charge is 0.271 e. The van der Waals surface area contributed by atoms with Gasteiger partial charge in [0.15, 0.2) is 0 Å². The third-order valence-corrected chi connectivity index (χ3v) is 4.18. The minimum Gasteiger partial charge on any atom is -0.271 e. The van der Waals surface area contributed by atoms with E-state index < -0.39 is 0 Å². The molecule has 0 aromatic heterocycles. The van der Waals surface area contributed by atoms with Crippen molar-refractivity contribution in [1.82, 2.24) is 5.43 Å². The van der Waals surface area contributed by atoms with E-state index in [4.69, 9.17) is 17.4 Å². The van der Waals surface area contributed by atoms with Crippen molar-refractivity contribution < 1.29 is 0 Å². The molecule has 0 aliphatic carbocycles. The fourth-order valence-electron chi connectivity index (χ4n) is 1.89. The van der Waals surface area contributed by atoms with Crippen LogP contribution in [0.4, 0.5) is 0 Å². The predicted molar refractivity (Wildman–Crippen MR) is 82.5 cm³/mol. The van der Waals surface area contributed by atoms with Gasteiger partial charge < -0.3 is 0 Å². The summed E-state index contributed by atoms with van der Waals surface area (Å²) in [6.45, 7) is 3.72. The van der Waals surface area contributed by atoms with E-state index in [1.54, 1.807) is 0 Å². The summed E-state index contributed by atoms with van der Waals surface area (Å²) in [5.74, 6) is 5.61. The fourth-order valence-corrected chi connectivity index (χ4v) is 2.32. The van der Waals surface area contributed by atoms with Gasteiger partial charge in [-0.25, -0.2) is 0 Å². The monoisotopic (exact) mass is 330 g/mol. The fraction of sp³-hybridized carbons (Fsp3) is 0.429. The van der Waals surface area contributed by atoms with Gasteiger partial charge in [0.25, 0.3) is 0 Å². The Balaban J connectivity index is 2.49. The van der Waals surface area contributed by atoms with E-state index in [2.05, 4.69) is 27.9 Å². The lowest BCUT2D eigenvalue weighted by molar-refractivity contribution is 0.484. The first-order valence-corrected chi connectivity index (χ1v) is 7.38. The van der Waals surface area contributed by atoms with E-state index in [1.807, 2.05) is 24.3 Å². The zero-order chi connectivity index (χ0) is 13.4. The summed E-state index contributed by atoms with van der Waals surface area (Å²) < 4.78 is 0.912. The second-order valence-electron chi connectivity index (χ2n) is 4.32. The Bertz CT molecular complexity index is 382. The molecule has 0 aliphatic heterocycles. The molecule has 0 radical (unpaired) electrons. The SMILES string of the molecule is C=CCCCCCC(NN)c1ccc(Br)c(Cl)c1. The summed E-state index contributed by atoms with van der Waals surface area (Å²) in [7, 11) is 0. The molecule has 0 heterocycles. The maximum absolute atomic E-state index is 6.09. The van der Waals surface area contributed by atoms with E-state index in [9.17, 15) is 0 Å². The average molecular weight is 332 g/mol. The molecule has 100 valence electrons. The van der Waals surface area contributed by atoms with Crippen LogP contribution in [0.2, 0.25) is 5.02 Å². The number of nitrogens with two attached hydrogens (primary N) is 1. The van der Waals surface area contributed by atoms with Gasteiger partial charge in [-0.05, 0) is 52.9 Å². The van der Waals surface area contributed by atoms with Gasteiger partial charge in [-0.15, -0.1) is 6.58 Å². The number of rotatable bonds is 8. The second-order valence-corrected chi connectivity index (χ2v) is 5.58. The molecule has 0 bridgehead atoms. The Labute approximate surface area is 123 Å². The minimum absolute atomic E-state index is 0.166. The highest BCUT2D eigenvalue weighted by molar-refractivity contribution is 9.10. The van der Waals surface area contributed by atoms with Gasteiger partial charge in [-0.3, -0.25) is 11.3 Å². The van der Waals surface area contributed by atoms with Gasteiger partial charge >= 0.3 is 0 Å². The van der Waals surface area contributed by atoms with Crippen molar-refractivity contribution in [3.05, 3.63) is 45.9 Å². The number of hydrazine groups is 1. The van der Waals surface area contributed by atoms with Crippen LogP contribution < -0.4 is 11.3 Å². The average Bonchev–Trinajstić information content (AvgIpc) is 2.37. The molecule has 0 saturated heterocycles. The van der Waals surface area contributed by atoms with Gasteiger partial charge in [0.1, 0.15) is 0 Å². The summed E-state index contributed by atoms with van der Waals surface area (Å²) in [5, 5.41) is 0.722. The van der Waals surface area contributed by atoms with Crippen LogP contribution in [-0.2, 0) is 0 Å². The Morgan fingerprint density at radius 2 is 2.17 bits per heavy atom. The summed E-state index contributed by atoms with van der Waals surface area (Å²) >= 11 is 9.48. The number of halogens is 2. The van der Waals surface area contributed by atoms with Crippen LogP contribution in [0.15, 0.2) is 35.3 Å². The van der Waals surface area contributed by atoms with Crippen molar-refractivity contribution in [2.45, 2.75) is 38.1 Å². The smallest absolute Gasteiger partial charge is 0.0551 e. The van der Waals surface area contributed by atoms with E-state index in [1.165, 1.54) is 12.8 Å². The summed E-state index contributed by atoms with van der Waals surface area (Å²) in [6.07, 6.45) is 7.62. The van der Waals surface area contributed by atoms with E-state index in [0.717, 1.165) is 34.3 Å². The number of benzene rings is 1. The molecule has 0 saturated carbocycles. The zero-order valence-electron chi connectivity index (χ0n) is 10.5. The topological polar surface area (TPSA) is 38.0 Å². The van der Waals surface area contributed by atoms with Crippen molar-refractivity contribution >= 4 is 27.5 Å². The highest BCUT2D eigenvalue weighted by Gasteiger charge is 2.10. The van der Waals surface area contributed by atoms with Crippen LogP contribution in [0, 0.1) is 0 Å². The van der Waals surface area contributed by atoms with Crippen LogP contribution >= 0.6 is 27.5 Å². The van der Waals surface area contributed by atoms with Crippen LogP contribution in [0.3, 0.4) is 0 Å². The molecule has 4 heteroatoms. The molecule has 1 aromatic rings. The molecule has 1 unspecified atom stereocenters. The van der Waals surface area contributed by atoms with Crippen LogP contribution in [0.1, 0.15) is 43.7 Å². The third-order valence-electron chi connectivity index (χ3n) is 2.95. The molecule has 3 N–H and O–H groups in total. The molecule has 0 fully saturated rings. The zero-order valence-corrected chi connectivity index (χ0v) is 12.8. The van der Waals surface area contributed by atoms with Crippen molar-refractivity contribution in [3.8, 4) is 0 Å². The van der Waals surface area contributed by atoms with Crippen molar-refractivity contribution in [2.75, 3.05) is 0 Å².